The third-order valence-corrected chi connectivity index (χ3v) is 7.93. The van der Waals surface area contributed by atoms with E-state index in [1.165, 1.54) is 6.92 Å². The Morgan fingerprint density at radius 1 is 1.35 bits per heavy atom. The summed E-state index contributed by atoms with van der Waals surface area (Å²) in [6, 6.07) is 7.91. The van der Waals surface area contributed by atoms with Gasteiger partial charge in [-0.05, 0) is 37.8 Å². The number of allylic oxidation sites excluding steroid dienone is 1. The van der Waals surface area contributed by atoms with Gasteiger partial charge in [-0.1, -0.05) is 41.6 Å². The Bertz CT molecular complexity index is 893. The highest BCUT2D eigenvalue weighted by Crippen LogP contribution is 2.31. The number of nitrogens with zero attached hydrogens (tertiary/aromatic N) is 1. The summed E-state index contributed by atoms with van der Waals surface area (Å²) in [6.07, 6.45) is 5.75. The summed E-state index contributed by atoms with van der Waals surface area (Å²) in [6.45, 7) is 4.03. The molecule has 1 aromatic carbocycles. The Balaban J connectivity index is 1.63. The van der Waals surface area contributed by atoms with Crippen molar-refractivity contribution in [1.29, 1.82) is 0 Å². The molecular weight excluding hydrogens is 420 g/mol. The van der Waals surface area contributed by atoms with E-state index < -0.39 is 33.2 Å². The van der Waals surface area contributed by atoms with Crippen LogP contribution in [0, 0.1) is 0 Å². The molecule has 2 aliphatic heterocycles. The third kappa shape index (κ3) is 5.93. The second-order valence-corrected chi connectivity index (χ2v) is 10.8. The van der Waals surface area contributed by atoms with Crippen molar-refractivity contribution in [3.8, 4) is 0 Å². The SMILES string of the molecule is C/C=C/c1ccc(C2=NO[C@@H](C[C@](C)(C(O)NOC3CCCCO3)S(C)(=O)=O)C2)cc1. The van der Waals surface area contributed by atoms with Crippen molar-refractivity contribution >= 4 is 21.6 Å². The Hall–Kier alpha value is -1.78. The lowest BCUT2D eigenvalue weighted by Crippen LogP contribution is -2.55. The van der Waals surface area contributed by atoms with Crippen LogP contribution in [0.2, 0.25) is 0 Å². The van der Waals surface area contributed by atoms with Crippen LogP contribution < -0.4 is 5.48 Å². The molecule has 0 saturated carbocycles. The topological polar surface area (TPSA) is 106 Å². The van der Waals surface area contributed by atoms with Crippen molar-refractivity contribution in [3.05, 3.63) is 41.5 Å². The third-order valence-electron chi connectivity index (χ3n) is 5.84. The van der Waals surface area contributed by atoms with Crippen LogP contribution in [0.1, 0.15) is 57.1 Å². The number of benzene rings is 1. The summed E-state index contributed by atoms with van der Waals surface area (Å²) in [5.41, 5.74) is 5.25. The lowest BCUT2D eigenvalue weighted by Gasteiger charge is -2.35. The first kappa shape index (κ1) is 23.9. The molecule has 0 amide bonds. The minimum Gasteiger partial charge on any atom is -0.392 e. The maximum atomic E-state index is 12.6. The summed E-state index contributed by atoms with van der Waals surface area (Å²) in [7, 11) is -3.67. The zero-order valence-corrected chi connectivity index (χ0v) is 19.1. The first-order valence-corrected chi connectivity index (χ1v) is 12.5. The number of oxime groups is 1. The number of nitrogens with one attached hydrogen (secondary N) is 1. The number of ether oxygens (including phenoxy) is 1. The van der Waals surface area contributed by atoms with Gasteiger partial charge in [0.1, 0.15) is 17.1 Å². The zero-order valence-electron chi connectivity index (χ0n) is 18.3. The van der Waals surface area contributed by atoms with Gasteiger partial charge in [0.05, 0.1) is 5.71 Å². The van der Waals surface area contributed by atoms with Gasteiger partial charge in [-0.15, -0.1) is 0 Å². The Morgan fingerprint density at radius 2 is 2.10 bits per heavy atom. The summed E-state index contributed by atoms with van der Waals surface area (Å²) in [5, 5.41) is 14.8. The number of sulfone groups is 1. The number of rotatable bonds is 9. The number of hydrogen-bond donors (Lipinski definition) is 2. The van der Waals surface area contributed by atoms with Crippen molar-refractivity contribution < 1.29 is 27.9 Å². The van der Waals surface area contributed by atoms with Crippen LogP contribution in [0.4, 0.5) is 0 Å². The second kappa shape index (κ2) is 10.2. The van der Waals surface area contributed by atoms with E-state index in [0.717, 1.165) is 35.9 Å². The maximum Gasteiger partial charge on any atom is 0.177 e. The van der Waals surface area contributed by atoms with Crippen molar-refractivity contribution in [3.63, 3.8) is 0 Å². The van der Waals surface area contributed by atoms with Crippen LogP contribution in [-0.2, 0) is 24.2 Å². The van der Waals surface area contributed by atoms with Crippen LogP contribution >= 0.6 is 0 Å². The van der Waals surface area contributed by atoms with Gasteiger partial charge in [0, 0.05) is 32.1 Å². The van der Waals surface area contributed by atoms with Gasteiger partial charge in [-0.3, -0.25) is 4.84 Å². The van der Waals surface area contributed by atoms with Crippen molar-refractivity contribution in [2.24, 2.45) is 5.16 Å². The van der Waals surface area contributed by atoms with E-state index in [2.05, 4.69) is 10.6 Å². The van der Waals surface area contributed by atoms with E-state index in [1.807, 2.05) is 43.3 Å². The molecule has 1 fully saturated rings. The zero-order chi connectivity index (χ0) is 22.5. The van der Waals surface area contributed by atoms with Crippen molar-refractivity contribution in [2.45, 2.75) is 69.3 Å². The molecule has 0 radical (unpaired) electrons. The minimum absolute atomic E-state index is 0.0541. The largest absolute Gasteiger partial charge is 0.392 e. The molecular formula is C22H32N2O6S. The van der Waals surface area contributed by atoms with E-state index >= 15 is 0 Å². The number of hydrogen-bond acceptors (Lipinski definition) is 8. The molecule has 0 spiro atoms. The molecule has 1 saturated heterocycles. The summed E-state index contributed by atoms with van der Waals surface area (Å²) >= 11 is 0. The Kier molecular flexibility index (Phi) is 7.87. The molecule has 2 unspecified atom stereocenters. The lowest BCUT2D eigenvalue weighted by molar-refractivity contribution is -0.224. The molecule has 1 aromatic rings. The highest BCUT2D eigenvalue weighted by Gasteiger charge is 2.47. The van der Waals surface area contributed by atoms with Crippen LogP contribution in [0.15, 0.2) is 35.5 Å². The van der Waals surface area contributed by atoms with Crippen LogP contribution in [0.3, 0.4) is 0 Å². The second-order valence-electron chi connectivity index (χ2n) is 8.31. The predicted molar refractivity (Wildman–Crippen MR) is 119 cm³/mol. The van der Waals surface area contributed by atoms with Gasteiger partial charge in [0.2, 0.25) is 0 Å². The quantitative estimate of drug-likeness (QED) is 0.438. The monoisotopic (exact) mass is 452 g/mol. The average Bonchev–Trinajstić information content (AvgIpc) is 3.21. The van der Waals surface area contributed by atoms with E-state index in [-0.39, 0.29) is 6.42 Å². The Morgan fingerprint density at radius 3 is 2.71 bits per heavy atom. The average molecular weight is 453 g/mol. The summed E-state index contributed by atoms with van der Waals surface area (Å²) in [4.78, 5) is 10.9. The highest BCUT2D eigenvalue weighted by atomic mass is 32.2. The first-order valence-electron chi connectivity index (χ1n) is 10.6. The number of aliphatic hydroxyl groups excluding tert-OH is 1. The van der Waals surface area contributed by atoms with Gasteiger partial charge < -0.3 is 14.7 Å². The highest BCUT2D eigenvalue weighted by molar-refractivity contribution is 7.92. The number of aliphatic hydroxyl groups is 1. The molecule has 0 bridgehead atoms. The standard InChI is InChI=1S/C22H32N2O6S/c1-4-7-16-9-11-17(12-10-16)19-14-18(29-23-19)15-22(2,31(3,26)27)21(25)24-30-20-8-5-6-13-28-20/h4,7,9-12,18,20-21,24-25H,5-6,8,13-15H2,1-3H3/b7-4+/t18-,20?,21?,22-/m1/s1. The molecule has 9 heteroatoms. The maximum absolute atomic E-state index is 12.6. The van der Waals surface area contributed by atoms with E-state index in [1.54, 1.807) is 0 Å². The molecule has 3 rings (SSSR count). The van der Waals surface area contributed by atoms with Gasteiger partial charge in [0.15, 0.2) is 16.1 Å². The molecule has 2 heterocycles. The minimum atomic E-state index is -3.67. The molecule has 0 aromatic heterocycles. The van der Waals surface area contributed by atoms with Crippen LogP contribution in [0.25, 0.3) is 6.08 Å². The molecule has 8 nitrogen and oxygen atoms in total. The molecule has 2 aliphatic rings. The van der Waals surface area contributed by atoms with E-state index in [9.17, 15) is 13.5 Å². The van der Waals surface area contributed by atoms with Gasteiger partial charge in [-0.2, -0.15) is 5.48 Å². The van der Waals surface area contributed by atoms with Gasteiger partial charge in [-0.25, -0.2) is 8.42 Å². The van der Waals surface area contributed by atoms with E-state index in [4.69, 9.17) is 14.4 Å². The predicted octanol–water partition coefficient (Wildman–Crippen LogP) is 2.77. The van der Waals surface area contributed by atoms with E-state index in [0.29, 0.717) is 19.4 Å². The van der Waals surface area contributed by atoms with Crippen molar-refractivity contribution in [1.82, 2.24) is 5.48 Å². The molecule has 2 N–H and O–H groups in total. The fourth-order valence-corrected chi connectivity index (χ4v) is 4.62. The molecule has 4 atom stereocenters. The lowest BCUT2D eigenvalue weighted by atomic mass is 9.95. The fraction of sp³-hybridized carbons (Fsp3) is 0.591. The van der Waals surface area contributed by atoms with Gasteiger partial charge in [0.25, 0.3) is 0 Å². The normalized spacial score (nSPS) is 25.1. The summed E-state index contributed by atoms with van der Waals surface area (Å²) in [5.74, 6) is 0. The fourth-order valence-electron chi connectivity index (χ4n) is 3.67. The molecule has 0 aliphatic carbocycles. The first-order chi connectivity index (χ1) is 14.7. The van der Waals surface area contributed by atoms with Gasteiger partial charge >= 0.3 is 0 Å². The smallest absolute Gasteiger partial charge is 0.177 e. The molecule has 172 valence electrons. The van der Waals surface area contributed by atoms with Crippen LogP contribution in [-0.4, -0.2) is 55.5 Å². The number of hydroxylamine groups is 1. The Labute approximate surface area is 184 Å². The van der Waals surface area contributed by atoms with Crippen molar-refractivity contribution in [2.75, 3.05) is 12.9 Å². The van der Waals surface area contributed by atoms with Crippen LogP contribution in [0.5, 0.6) is 0 Å². The molecule has 31 heavy (non-hydrogen) atoms. The summed E-state index contributed by atoms with van der Waals surface area (Å²) < 4.78 is 29.1.